The molecular formula is C23H28O2. The van der Waals surface area contributed by atoms with Crippen LogP contribution in [0.5, 0.6) is 0 Å². The number of benzene rings is 2. The third-order valence-corrected chi connectivity index (χ3v) is 5.54. The van der Waals surface area contributed by atoms with Crippen molar-refractivity contribution in [2.24, 2.45) is 5.92 Å². The molecule has 1 aliphatic carbocycles. The van der Waals surface area contributed by atoms with Gasteiger partial charge in [-0.3, -0.25) is 0 Å². The predicted octanol–water partition coefficient (Wildman–Crippen LogP) is 6.21. The summed E-state index contributed by atoms with van der Waals surface area (Å²) < 4.78 is 5.03. The number of carbonyl (C=O) groups excluding carboxylic acids is 1. The zero-order valence-corrected chi connectivity index (χ0v) is 15.3. The normalized spacial score (nSPS) is 20.2. The van der Waals surface area contributed by atoms with Crippen molar-refractivity contribution in [1.82, 2.24) is 0 Å². The Bertz CT molecular complexity index is 677. The highest BCUT2D eigenvalue weighted by Gasteiger charge is 2.21. The van der Waals surface area contributed by atoms with Crippen molar-refractivity contribution in [3.05, 3.63) is 59.7 Å². The van der Waals surface area contributed by atoms with Gasteiger partial charge in [0.1, 0.15) is 0 Å². The highest BCUT2D eigenvalue weighted by molar-refractivity contribution is 5.90. The molecule has 2 aromatic carbocycles. The van der Waals surface area contributed by atoms with E-state index in [0.29, 0.717) is 12.2 Å². The Morgan fingerprint density at radius 2 is 1.44 bits per heavy atom. The average Bonchev–Trinajstić information content (AvgIpc) is 2.68. The molecule has 1 fully saturated rings. The first-order valence-corrected chi connectivity index (χ1v) is 9.58. The van der Waals surface area contributed by atoms with E-state index in [9.17, 15) is 4.79 Å². The Labute approximate surface area is 151 Å². The Hall–Kier alpha value is -2.09. The molecular weight excluding hydrogens is 308 g/mol. The van der Waals surface area contributed by atoms with Crippen molar-refractivity contribution in [3.63, 3.8) is 0 Å². The summed E-state index contributed by atoms with van der Waals surface area (Å²) in [6.45, 7) is 4.54. The van der Waals surface area contributed by atoms with Crippen LogP contribution in [0.4, 0.5) is 0 Å². The number of esters is 1. The summed E-state index contributed by atoms with van der Waals surface area (Å²) in [4.78, 5) is 11.7. The molecule has 0 bridgehead atoms. The standard InChI is InChI=1S/C23H28O2/c1-3-17-5-7-18(8-6-17)19-9-11-20(12-10-19)21-13-15-22(16-14-21)23(24)25-4-2/h9-18H,3-8H2,1-2H3. The number of carbonyl (C=O) groups is 1. The molecule has 2 nitrogen and oxygen atoms in total. The molecule has 0 saturated heterocycles. The summed E-state index contributed by atoms with van der Waals surface area (Å²) in [5, 5.41) is 0. The van der Waals surface area contributed by atoms with Gasteiger partial charge in [0, 0.05) is 0 Å². The zero-order valence-electron chi connectivity index (χ0n) is 15.3. The quantitative estimate of drug-likeness (QED) is 0.606. The summed E-state index contributed by atoms with van der Waals surface area (Å²) in [5.74, 6) is 1.41. The van der Waals surface area contributed by atoms with Gasteiger partial charge in [0.2, 0.25) is 0 Å². The Morgan fingerprint density at radius 1 is 0.880 bits per heavy atom. The second-order valence-electron chi connectivity index (χ2n) is 7.05. The highest BCUT2D eigenvalue weighted by atomic mass is 16.5. The first kappa shape index (κ1) is 17.7. The van der Waals surface area contributed by atoms with Gasteiger partial charge in [-0.05, 0) is 73.3 Å². The Balaban J connectivity index is 1.67. The lowest BCUT2D eigenvalue weighted by molar-refractivity contribution is 0.0526. The molecule has 0 unspecified atom stereocenters. The van der Waals surface area contributed by atoms with E-state index in [2.05, 4.69) is 31.2 Å². The van der Waals surface area contributed by atoms with E-state index in [1.807, 2.05) is 31.2 Å². The molecule has 132 valence electrons. The lowest BCUT2D eigenvalue weighted by atomic mass is 9.77. The van der Waals surface area contributed by atoms with Crippen molar-refractivity contribution in [3.8, 4) is 11.1 Å². The van der Waals surface area contributed by atoms with Gasteiger partial charge in [0.15, 0.2) is 0 Å². The molecule has 0 radical (unpaired) electrons. The second-order valence-corrected chi connectivity index (χ2v) is 7.05. The Morgan fingerprint density at radius 3 is 1.96 bits per heavy atom. The van der Waals surface area contributed by atoms with Gasteiger partial charge < -0.3 is 4.74 Å². The van der Waals surface area contributed by atoms with E-state index in [0.717, 1.165) is 17.4 Å². The van der Waals surface area contributed by atoms with E-state index in [4.69, 9.17) is 4.74 Å². The molecule has 2 heteroatoms. The van der Waals surface area contributed by atoms with Crippen LogP contribution < -0.4 is 0 Å². The molecule has 0 atom stereocenters. The molecule has 0 heterocycles. The van der Waals surface area contributed by atoms with Crippen molar-refractivity contribution in [1.29, 1.82) is 0 Å². The summed E-state index contributed by atoms with van der Waals surface area (Å²) in [6.07, 6.45) is 6.72. The van der Waals surface area contributed by atoms with Crippen LogP contribution in [0, 0.1) is 5.92 Å². The van der Waals surface area contributed by atoms with Crippen LogP contribution in [0.3, 0.4) is 0 Å². The van der Waals surface area contributed by atoms with E-state index >= 15 is 0 Å². The Kier molecular flexibility index (Phi) is 5.91. The molecule has 1 saturated carbocycles. The van der Waals surface area contributed by atoms with Crippen LogP contribution in [0.15, 0.2) is 48.5 Å². The topological polar surface area (TPSA) is 26.3 Å². The van der Waals surface area contributed by atoms with E-state index in [1.54, 1.807) is 0 Å². The van der Waals surface area contributed by atoms with Crippen LogP contribution >= 0.6 is 0 Å². The minimum atomic E-state index is -0.257. The number of rotatable bonds is 5. The summed E-state index contributed by atoms with van der Waals surface area (Å²) in [7, 11) is 0. The average molecular weight is 336 g/mol. The molecule has 0 spiro atoms. The highest BCUT2D eigenvalue weighted by Crippen LogP contribution is 2.37. The third kappa shape index (κ3) is 4.31. The van der Waals surface area contributed by atoms with Crippen LogP contribution in [0.25, 0.3) is 11.1 Å². The summed E-state index contributed by atoms with van der Waals surface area (Å²) in [6, 6.07) is 16.7. The van der Waals surface area contributed by atoms with Crippen LogP contribution in [-0.4, -0.2) is 12.6 Å². The van der Waals surface area contributed by atoms with Crippen molar-refractivity contribution in [2.45, 2.75) is 51.9 Å². The van der Waals surface area contributed by atoms with Gasteiger partial charge in [-0.1, -0.05) is 49.7 Å². The summed E-state index contributed by atoms with van der Waals surface area (Å²) in [5.41, 5.74) is 4.41. The van der Waals surface area contributed by atoms with Crippen molar-refractivity contribution >= 4 is 5.97 Å². The number of hydrogen-bond acceptors (Lipinski definition) is 2. The van der Waals surface area contributed by atoms with E-state index in [1.165, 1.54) is 43.2 Å². The molecule has 0 N–H and O–H groups in total. The van der Waals surface area contributed by atoms with E-state index < -0.39 is 0 Å². The van der Waals surface area contributed by atoms with Crippen LogP contribution in [0.1, 0.15) is 67.8 Å². The van der Waals surface area contributed by atoms with Gasteiger partial charge in [0.25, 0.3) is 0 Å². The lowest BCUT2D eigenvalue weighted by Crippen LogP contribution is -2.12. The smallest absolute Gasteiger partial charge is 0.338 e. The van der Waals surface area contributed by atoms with Gasteiger partial charge in [-0.15, -0.1) is 0 Å². The summed E-state index contributed by atoms with van der Waals surface area (Å²) >= 11 is 0. The molecule has 0 aromatic heterocycles. The molecule has 1 aliphatic rings. The SMILES string of the molecule is CCOC(=O)c1ccc(-c2ccc(C3CCC(CC)CC3)cc2)cc1. The molecule has 3 rings (SSSR count). The van der Waals surface area contributed by atoms with Crippen LogP contribution in [-0.2, 0) is 4.74 Å². The molecule has 2 aromatic rings. The maximum absolute atomic E-state index is 11.7. The second kappa shape index (κ2) is 8.33. The molecule has 25 heavy (non-hydrogen) atoms. The largest absolute Gasteiger partial charge is 0.462 e. The van der Waals surface area contributed by atoms with Gasteiger partial charge in [-0.2, -0.15) is 0 Å². The number of ether oxygens (including phenoxy) is 1. The number of hydrogen-bond donors (Lipinski definition) is 0. The maximum atomic E-state index is 11.7. The van der Waals surface area contributed by atoms with Gasteiger partial charge in [0.05, 0.1) is 12.2 Å². The fourth-order valence-corrected chi connectivity index (χ4v) is 3.86. The van der Waals surface area contributed by atoms with E-state index in [-0.39, 0.29) is 5.97 Å². The minimum absolute atomic E-state index is 0.257. The fourth-order valence-electron chi connectivity index (χ4n) is 3.86. The van der Waals surface area contributed by atoms with Gasteiger partial charge in [-0.25, -0.2) is 4.79 Å². The lowest BCUT2D eigenvalue weighted by Gasteiger charge is -2.28. The van der Waals surface area contributed by atoms with Crippen molar-refractivity contribution in [2.75, 3.05) is 6.61 Å². The first-order chi connectivity index (χ1) is 12.2. The van der Waals surface area contributed by atoms with Gasteiger partial charge >= 0.3 is 5.97 Å². The molecule has 0 aliphatic heterocycles. The maximum Gasteiger partial charge on any atom is 0.338 e. The first-order valence-electron chi connectivity index (χ1n) is 9.58. The molecule has 0 amide bonds. The fraction of sp³-hybridized carbons (Fsp3) is 0.435. The third-order valence-electron chi connectivity index (χ3n) is 5.54. The zero-order chi connectivity index (χ0) is 17.6. The monoisotopic (exact) mass is 336 g/mol. The minimum Gasteiger partial charge on any atom is -0.462 e. The van der Waals surface area contributed by atoms with Crippen molar-refractivity contribution < 1.29 is 9.53 Å². The van der Waals surface area contributed by atoms with Crippen LogP contribution in [0.2, 0.25) is 0 Å². The predicted molar refractivity (Wildman–Crippen MR) is 103 cm³/mol.